The minimum atomic E-state index is -2.86. The smallest absolute Gasteiger partial charge is 0.153 e. The summed E-state index contributed by atoms with van der Waals surface area (Å²) >= 11 is 0. The molecule has 1 saturated heterocycles. The summed E-state index contributed by atoms with van der Waals surface area (Å²) in [5, 5.41) is 4.24. The van der Waals surface area contributed by atoms with Gasteiger partial charge >= 0.3 is 0 Å². The Morgan fingerprint density at radius 1 is 1.44 bits per heavy atom. The van der Waals surface area contributed by atoms with Crippen LogP contribution in [0, 0.1) is 0 Å². The van der Waals surface area contributed by atoms with Crippen molar-refractivity contribution in [3.63, 3.8) is 0 Å². The summed E-state index contributed by atoms with van der Waals surface area (Å²) in [7, 11) is -1.10. The van der Waals surface area contributed by atoms with Crippen LogP contribution in [-0.4, -0.2) is 36.0 Å². The predicted molar refractivity (Wildman–Crippen MR) is 59.2 cm³/mol. The lowest BCUT2D eigenvalue weighted by molar-refractivity contribution is 0.112. The molecule has 1 aromatic heterocycles. The Labute approximate surface area is 94.4 Å². The van der Waals surface area contributed by atoms with Crippen molar-refractivity contribution in [2.45, 2.75) is 18.8 Å². The molecule has 2 heterocycles. The first-order chi connectivity index (χ1) is 7.52. The minimum absolute atomic E-state index is 0.102. The number of aromatic nitrogens is 2. The molecule has 1 aliphatic rings. The molecule has 0 unspecified atom stereocenters. The number of nitrogens with zero attached hydrogens (tertiary/aromatic N) is 2. The van der Waals surface area contributed by atoms with Gasteiger partial charge in [-0.1, -0.05) is 0 Å². The molecule has 0 N–H and O–H groups in total. The van der Waals surface area contributed by atoms with Crippen LogP contribution in [0.25, 0.3) is 0 Å². The summed E-state index contributed by atoms with van der Waals surface area (Å²) in [5.74, 6) is 0.504. The van der Waals surface area contributed by atoms with Gasteiger partial charge in [-0.25, -0.2) is 8.42 Å². The van der Waals surface area contributed by atoms with Gasteiger partial charge in [-0.05, 0) is 12.8 Å². The van der Waals surface area contributed by atoms with Crippen LogP contribution in [0.3, 0.4) is 0 Å². The molecular weight excluding hydrogens is 228 g/mol. The van der Waals surface area contributed by atoms with E-state index in [0.29, 0.717) is 18.4 Å². The number of aldehydes is 1. The minimum Gasteiger partial charge on any atom is -0.298 e. The molecule has 0 amide bonds. The van der Waals surface area contributed by atoms with Crippen LogP contribution in [0.15, 0.2) is 6.20 Å². The number of hydrogen-bond donors (Lipinski definition) is 0. The van der Waals surface area contributed by atoms with Gasteiger partial charge in [0.25, 0.3) is 0 Å². The molecule has 16 heavy (non-hydrogen) atoms. The first-order valence-corrected chi connectivity index (χ1v) is 7.03. The maximum Gasteiger partial charge on any atom is 0.153 e. The van der Waals surface area contributed by atoms with Crippen molar-refractivity contribution in [3.05, 3.63) is 17.5 Å². The molecule has 0 atom stereocenters. The lowest BCUT2D eigenvalue weighted by atomic mass is 9.96. The van der Waals surface area contributed by atoms with E-state index >= 15 is 0 Å². The van der Waals surface area contributed by atoms with Crippen molar-refractivity contribution in [2.24, 2.45) is 7.05 Å². The largest absolute Gasteiger partial charge is 0.298 e. The summed E-state index contributed by atoms with van der Waals surface area (Å²) in [5.41, 5.74) is 1.32. The van der Waals surface area contributed by atoms with E-state index in [4.69, 9.17) is 0 Å². The second kappa shape index (κ2) is 4.01. The Balaban J connectivity index is 2.22. The zero-order valence-electron chi connectivity index (χ0n) is 9.09. The van der Waals surface area contributed by atoms with Gasteiger partial charge in [0.2, 0.25) is 0 Å². The van der Waals surface area contributed by atoms with Gasteiger partial charge in [0, 0.05) is 19.2 Å². The van der Waals surface area contributed by atoms with Crippen molar-refractivity contribution in [2.75, 3.05) is 11.5 Å². The fourth-order valence-electron chi connectivity index (χ4n) is 2.10. The lowest BCUT2D eigenvalue weighted by Gasteiger charge is -2.20. The molecule has 0 saturated carbocycles. The first kappa shape index (κ1) is 11.3. The quantitative estimate of drug-likeness (QED) is 0.709. The van der Waals surface area contributed by atoms with Gasteiger partial charge in [0.1, 0.15) is 9.84 Å². The normalized spacial score (nSPS) is 20.8. The number of sulfone groups is 1. The van der Waals surface area contributed by atoms with Gasteiger partial charge in [-0.3, -0.25) is 9.48 Å². The van der Waals surface area contributed by atoms with Crippen LogP contribution in [0.4, 0.5) is 0 Å². The molecule has 0 aliphatic carbocycles. The fourth-order valence-corrected chi connectivity index (χ4v) is 3.59. The summed E-state index contributed by atoms with van der Waals surface area (Å²) in [6.45, 7) is 0. The average molecular weight is 242 g/mol. The number of carbonyl (C=O) groups excluding carboxylic acids is 1. The summed E-state index contributed by atoms with van der Waals surface area (Å²) in [4.78, 5) is 10.8. The van der Waals surface area contributed by atoms with Crippen LogP contribution in [0.1, 0.15) is 34.8 Å². The van der Waals surface area contributed by atoms with Crippen LogP contribution in [0.2, 0.25) is 0 Å². The molecule has 6 heteroatoms. The summed E-state index contributed by atoms with van der Waals surface area (Å²) in [6.07, 6.45) is 3.59. The Morgan fingerprint density at radius 3 is 2.62 bits per heavy atom. The van der Waals surface area contributed by atoms with Crippen molar-refractivity contribution in [1.29, 1.82) is 0 Å². The predicted octanol–water partition coefficient (Wildman–Crippen LogP) is 0.525. The highest BCUT2D eigenvalue weighted by atomic mass is 32.2. The van der Waals surface area contributed by atoms with E-state index < -0.39 is 9.84 Å². The molecule has 1 aliphatic heterocycles. The third kappa shape index (κ3) is 2.16. The van der Waals surface area contributed by atoms with E-state index in [9.17, 15) is 13.2 Å². The summed E-state index contributed by atoms with van der Waals surface area (Å²) < 4.78 is 24.2. The van der Waals surface area contributed by atoms with E-state index in [0.717, 1.165) is 12.0 Å². The van der Waals surface area contributed by atoms with Gasteiger partial charge in [-0.15, -0.1) is 0 Å². The molecule has 0 bridgehead atoms. The lowest BCUT2D eigenvalue weighted by Crippen LogP contribution is -2.23. The topological polar surface area (TPSA) is 69.0 Å². The van der Waals surface area contributed by atoms with E-state index in [2.05, 4.69) is 5.10 Å². The van der Waals surface area contributed by atoms with Gasteiger partial charge in [0.05, 0.1) is 22.8 Å². The average Bonchev–Trinajstić information content (AvgIpc) is 2.59. The van der Waals surface area contributed by atoms with Crippen LogP contribution in [-0.2, 0) is 16.9 Å². The second-order valence-electron chi connectivity index (χ2n) is 4.19. The van der Waals surface area contributed by atoms with E-state index in [1.54, 1.807) is 17.9 Å². The van der Waals surface area contributed by atoms with Crippen LogP contribution < -0.4 is 0 Å². The van der Waals surface area contributed by atoms with Crippen LogP contribution >= 0.6 is 0 Å². The van der Waals surface area contributed by atoms with E-state index in [-0.39, 0.29) is 17.4 Å². The highest BCUT2D eigenvalue weighted by molar-refractivity contribution is 7.91. The second-order valence-corrected chi connectivity index (χ2v) is 6.49. The third-order valence-corrected chi connectivity index (χ3v) is 4.67. The molecular formula is C10H14N2O3S. The number of aryl methyl sites for hydroxylation is 1. The Morgan fingerprint density at radius 2 is 2.06 bits per heavy atom. The third-order valence-electron chi connectivity index (χ3n) is 2.96. The SMILES string of the molecule is Cn1cc(C=O)c(C2CCS(=O)(=O)CC2)n1. The van der Waals surface area contributed by atoms with Crippen molar-refractivity contribution in [3.8, 4) is 0 Å². The number of rotatable bonds is 2. The number of hydrogen-bond acceptors (Lipinski definition) is 4. The van der Waals surface area contributed by atoms with Gasteiger partial charge in [0.15, 0.2) is 6.29 Å². The Bertz CT molecular complexity index is 490. The summed E-state index contributed by atoms with van der Waals surface area (Å²) in [6, 6.07) is 0. The van der Waals surface area contributed by atoms with Crippen molar-refractivity contribution >= 4 is 16.1 Å². The molecule has 0 aromatic carbocycles. The molecule has 1 aromatic rings. The molecule has 5 nitrogen and oxygen atoms in total. The van der Waals surface area contributed by atoms with Gasteiger partial charge in [-0.2, -0.15) is 5.10 Å². The fraction of sp³-hybridized carbons (Fsp3) is 0.600. The molecule has 88 valence electrons. The standard InChI is InChI=1S/C10H14N2O3S/c1-12-6-9(7-13)10(11-12)8-2-4-16(14,15)5-3-8/h6-8H,2-5H2,1H3. The molecule has 2 rings (SSSR count). The van der Waals surface area contributed by atoms with Gasteiger partial charge < -0.3 is 0 Å². The molecule has 1 fully saturated rings. The number of carbonyl (C=O) groups is 1. The zero-order chi connectivity index (χ0) is 11.8. The highest BCUT2D eigenvalue weighted by Crippen LogP contribution is 2.29. The maximum absolute atomic E-state index is 11.3. The van der Waals surface area contributed by atoms with Crippen molar-refractivity contribution < 1.29 is 13.2 Å². The Hall–Kier alpha value is -1.17. The highest BCUT2D eigenvalue weighted by Gasteiger charge is 2.27. The zero-order valence-corrected chi connectivity index (χ0v) is 9.90. The maximum atomic E-state index is 11.3. The van der Waals surface area contributed by atoms with E-state index in [1.165, 1.54) is 0 Å². The Kier molecular flexibility index (Phi) is 2.84. The molecule has 0 spiro atoms. The first-order valence-electron chi connectivity index (χ1n) is 5.21. The monoisotopic (exact) mass is 242 g/mol. The molecule has 0 radical (unpaired) electrons. The van der Waals surface area contributed by atoms with Crippen molar-refractivity contribution in [1.82, 2.24) is 9.78 Å². The van der Waals surface area contributed by atoms with E-state index in [1.807, 2.05) is 0 Å². The van der Waals surface area contributed by atoms with Crippen LogP contribution in [0.5, 0.6) is 0 Å².